The summed E-state index contributed by atoms with van der Waals surface area (Å²) in [6.07, 6.45) is 2.90. The zero-order valence-corrected chi connectivity index (χ0v) is 13.4. The molecule has 0 amide bonds. The maximum Gasteiger partial charge on any atom is 0.0461 e. The molecule has 0 N–H and O–H groups in total. The lowest BCUT2D eigenvalue weighted by molar-refractivity contribution is 0.248. The summed E-state index contributed by atoms with van der Waals surface area (Å²) in [5.41, 5.74) is 2.54. The molecule has 1 aromatic carbocycles. The fraction of sp³-hybridized carbons (Fsp3) is 0.647. The summed E-state index contributed by atoms with van der Waals surface area (Å²) in [5, 5.41) is 0.915. The number of anilines is 1. The van der Waals surface area contributed by atoms with Crippen LogP contribution in [0.15, 0.2) is 18.2 Å². The Balaban J connectivity index is 1.61. The van der Waals surface area contributed by atoms with Crippen LogP contribution in [0.2, 0.25) is 5.02 Å². The number of piperazine rings is 1. The summed E-state index contributed by atoms with van der Waals surface area (Å²) in [6.45, 7) is 10.4. The van der Waals surface area contributed by atoms with E-state index in [1.54, 1.807) is 0 Å². The molecule has 0 radical (unpaired) electrons. The molecule has 20 heavy (non-hydrogen) atoms. The van der Waals surface area contributed by atoms with E-state index in [0.717, 1.165) is 24.0 Å². The lowest BCUT2D eigenvalue weighted by atomic mass is 10.0. The van der Waals surface area contributed by atoms with Crippen molar-refractivity contribution in [2.45, 2.75) is 32.6 Å². The molecule has 0 bridgehead atoms. The Kier molecular flexibility index (Phi) is 4.23. The Morgan fingerprint density at radius 1 is 1.15 bits per heavy atom. The van der Waals surface area contributed by atoms with Gasteiger partial charge in [-0.3, -0.25) is 4.90 Å². The Morgan fingerprint density at radius 2 is 1.85 bits per heavy atom. The average Bonchev–Trinajstić information content (AvgIpc) is 3.23. The topological polar surface area (TPSA) is 6.48 Å². The minimum absolute atomic E-state index is 0.493. The van der Waals surface area contributed by atoms with E-state index in [2.05, 4.69) is 41.8 Å². The molecule has 1 aliphatic carbocycles. The summed E-state index contributed by atoms with van der Waals surface area (Å²) in [5.74, 6) is 1.49. The number of benzene rings is 1. The molecule has 2 nitrogen and oxygen atoms in total. The number of halogens is 1. The quantitative estimate of drug-likeness (QED) is 0.828. The van der Waals surface area contributed by atoms with Crippen LogP contribution in [0.1, 0.15) is 38.2 Å². The first-order valence-electron chi connectivity index (χ1n) is 7.90. The first kappa shape index (κ1) is 14.2. The second kappa shape index (κ2) is 5.95. The molecule has 110 valence electrons. The molecule has 1 saturated carbocycles. The van der Waals surface area contributed by atoms with Crippen molar-refractivity contribution in [1.82, 2.24) is 4.90 Å². The van der Waals surface area contributed by atoms with Crippen molar-refractivity contribution in [3.8, 4) is 0 Å². The fourth-order valence-electron chi connectivity index (χ4n) is 3.04. The van der Waals surface area contributed by atoms with Gasteiger partial charge >= 0.3 is 0 Å². The van der Waals surface area contributed by atoms with Gasteiger partial charge in [0, 0.05) is 43.4 Å². The van der Waals surface area contributed by atoms with Crippen LogP contribution in [-0.2, 0) is 0 Å². The SMILES string of the molecule is CC(C)c1ccc(N2CCN(CC3CC3)CC2)cc1Cl. The van der Waals surface area contributed by atoms with Gasteiger partial charge in [-0.25, -0.2) is 0 Å². The summed E-state index contributed by atoms with van der Waals surface area (Å²) in [6, 6.07) is 6.57. The first-order valence-corrected chi connectivity index (χ1v) is 8.28. The van der Waals surface area contributed by atoms with E-state index < -0.39 is 0 Å². The molecule has 1 heterocycles. The number of nitrogens with zero attached hydrogens (tertiary/aromatic N) is 2. The molecule has 2 aliphatic rings. The summed E-state index contributed by atoms with van der Waals surface area (Å²) < 4.78 is 0. The van der Waals surface area contributed by atoms with Gasteiger partial charge in [0.05, 0.1) is 0 Å². The monoisotopic (exact) mass is 292 g/mol. The molecule has 1 aliphatic heterocycles. The van der Waals surface area contributed by atoms with Crippen molar-refractivity contribution in [2.24, 2.45) is 5.92 Å². The normalized spacial score (nSPS) is 20.7. The van der Waals surface area contributed by atoms with Gasteiger partial charge in [0.15, 0.2) is 0 Å². The van der Waals surface area contributed by atoms with Crippen molar-refractivity contribution < 1.29 is 0 Å². The smallest absolute Gasteiger partial charge is 0.0461 e. The van der Waals surface area contributed by atoms with Crippen molar-refractivity contribution in [2.75, 3.05) is 37.6 Å². The van der Waals surface area contributed by atoms with Gasteiger partial charge in [-0.05, 0) is 42.4 Å². The van der Waals surface area contributed by atoms with Crippen molar-refractivity contribution in [3.05, 3.63) is 28.8 Å². The van der Waals surface area contributed by atoms with Gasteiger partial charge in [-0.2, -0.15) is 0 Å². The highest BCUT2D eigenvalue weighted by atomic mass is 35.5. The van der Waals surface area contributed by atoms with Crippen molar-refractivity contribution >= 4 is 17.3 Å². The van der Waals surface area contributed by atoms with Crippen LogP contribution in [0.4, 0.5) is 5.69 Å². The zero-order valence-electron chi connectivity index (χ0n) is 12.6. The van der Waals surface area contributed by atoms with Crippen LogP contribution in [0.3, 0.4) is 0 Å². The molecular formula is C17H25ClN2. The third kappa shape index (κ3) is 3.29. The second-order valence-electron chi connectivity index (χ2n) is 6.59. The van der Waals surface area contributed by atoms with Gasteiger partial charge in [0.1, 0.15) is 0 Å². The average molecular weight is 293 g/mol. The van der Waals surface area contributed by atoms with E-state index in [0.29, 0.717) is 5.92 Å². The minimum Gasteiger partial charge on any atom is -0.369 e. The number of hydrogen-bond donors (Lipinski definition) is 0. The third-order valence-electron chi connectivity index (χ3n) is 4.56. The first-order chi connectivity index (χ1) is 9.63. The molecular weight excluding hydrogens is 268 g/mol. The van der Waals surface area contributed by atoms with Gasteiger partial charge in [-0.1, -0.05) is 31.5 Å². The van der Waals surface area contributed by atoms with E-state index in [4.69, 9.17) is 11.6 Å². The van der Waals surface area contributed by atoms with E-state index in [1.807, 2.05) is 0 Å². The molecule has 1 aromatic rings. The molecule has 1 saturated heterocycles. The van der Waals surface area contributed by atoms with Gasteiger partial charge in [-0.15, -0.1) is 0 Å². The van der Waals surface area contributed by atoms with Crippen molar-refractivity contribution in [3.63, 3.8) is 0 Å². The van der Waals surface area contributed by atoms with E-state index in [1.165, 1.54) is 43.7 Å². The van der Waals surface area contributed by atoms with Gasteiger partial charge < -0.3 is 4.90 Å². The van der Waals surface area contributed by atoms with Crippen LogP contribution >= 0.6 is 11.6 Å². The molecule has 0 spiro atoms. The number of rotatable bonds is 4. The Labute approximate surface area is 127 Å². The predicted molar refractivity (Wildman–Crippen MR) is 86.9 cm³/mol. The zero-order chi connectivity index (χ0) is 14.1. The second-order valence-corrected chi connectivity index (χ2v) is 7.00. The largest absolute Gasteiger partial charge is 0.369 e. The molecule has 0 aromatic heterocycles. The molecule has 3 rings (SSSR count). The van der Waals surface area contributed by atoms with E-state index in [-0.39, 0.29) is 0 Å². The lowest BCUT2D eigenvalue weighted by Gasteiger charge is -2.36. The standard InChI is InChI=1S/C17H25ClN2/c1-13(2)16-6-5-15(11-17(16)18)20-9-7-19(8-10-20)12-14-3-4-14/h5-6,11,13-14H,3-4,7-10,12H2,1-2H3. The lowest BCUT2D eigenvalue weighted by Crippen LogP contribution is -2.47. The van der Waals surface area contributed by atoms with Crippen molar-refractivity contribution in [1.29, 1.82) is 0 Å². The van der Waals surface area contributed by atoms with Crippen LogP contribution in [0, 0.1) is 5.92 Å². The Hall–Kier alpha value is -0.730. The highest BCUT2D eigenvalue weighted by molar-refractivity contribution is 6.31. The minimum atomic E-state index is 0.493. The molecule has 3 heteroatoms. The predicted octanol–water partition coefficient (Wildman–Crippen LogP) is 4.00. The maximum atomic E-state index is 6.41. The highest BCUT2D eigenvalue weighted by Gasteiger charge is 2.26. The number of hydrogen-bond acceptors (Lipinski definition) is 2. The summed E-state index contributed by atoms with van der Waals surface area (Å²) in [7, 11) is 0. The molecule has 0 unspecified atom stereocenters. The fourth-order valence-corrected chi connectivity index (χ4v) is 3.43. The van der Waals surface area contributed by atoms with E-state index in [9.17, 15) is 0 Å². The Bertz CT molecular complexity index is 460. The van der Waals surface area contributed by atoms with E-state index >= 15 is 0 Å². The van der Waals surface area contributed by atoms with Crippen LogP contribution in [-0.4, -0.2) is 37.6 Å². The summed E-state index contributed by atoms with van der Waals surface area (Å²) >= 11 is 6.41. The molecule has 2 fully saturated rings. The maximum absolute atomic E-state index is 6.41. The van der Waals surface area contributed by atoms with Gasteiger partial charge in [0.2, 0.25) is 0 Å². The highest BCUT2D eigenvalue weighted by Crippen LogP contribution is 2.31. The van der Waals surface area contributed by atoms with Crippen LogP contribution < -0.4 is 4.90 Å². The van der Waals surface area contributed by atoms with Gasteiger partial charge in [0.25, 0.3) is 0 Å². The third-order valence-corrected chi connectivity index (χ3v) is 4.88. The van der Waals surface area contributed by atoms with Crippen LogP contribution in [0.5, 0.6) is 0 Å². The summed E-state index contributed by atoms with van der Waals surface area (Å²) in [4.78, 5) is 5.09. The van der Waals surface area contributed by atoms with Crippen LogP contribution in [0.25, 0.3) is 0 Å². The Morgan fingerprint density at radius 3 is 2.40 bits per heavy atom. The molecule has 0 atom stereocenters.